The Kier molecular flexibility index (Phi) is 4.69. The fraction of sp³-hybridized carbons (Fsp3) is 0.353. The number of hydrogen-bond donors (Lipinski definition) is 1. The topological polar surface area (TPSA) is 24.9 Å². The normalized spacial score (nSPS) is 12.5. The minimum absolute atomic E-state index is 0.266. The van der Waals surface area contributed by atoms with E-state index in [0.717, 1.165) is 30.6 Å². The molecule has 0 saturated heterocycles. The highest BCUT2D eigenvalue weighted by molar-refractivity contribution is 5.78. The molecular weight excluding hydrogens is 232 g/mol. The molecule has 0 aliphatic rings. The summed E-state index contributed by atoms with van der Waals surface area (Å²) in [5.74, 6) is 0. The molecule has 0 aliphatic heterocycles. The van der Waals surface area contributed by atoms with Gasteiger partial charge < -0.3 is 5.32 Å². The van der Waals surface area contributed by atoms with E-state index in [9.17, 15) is 0 Å². The molecule has 2 heteroatoms. The Morgan fingerprint density at radius 1 is 1.21 bits per heavy atom. The molecule has 1 N–H and O–H groups in total. The van der Waals surface area contributed by atoms with E-state index in [4.69, 9.17) is 4.98 Å². The van der Waals surface area contributed by atoms with Crippen LogP contribution >= 0.6 is 0 Å². The van der Waals surface area contributed by atoms with Crippen molar-refractivity contribution in [2.24, 2.45) is 0 Å². The van der Waals surface area contributed by atoms with E-state index in [1.165, 1.54) is 11.0 Å². The third-order valence-electron chi connectivity index (χ3n) is 3.42. The maximum atomic E-state index is 4.78. The molecule has 0 fully saturated rings. The summed E-state index contributed by atoms with van der Waals surface area (Å²) in [7, 11) is 0. The third kappa shape index (κ3) is 3.42. The Morgan fingerprint density at radius 3 is 2.74 bits per heavy atom. The van der Waals surface area contributed by atoms with E-state index in [-0.39, 0.29) is 6.04 Å². The summed E-state index contributed by atoms with van der Waals surface area (Å²) in [5.41, 5.74) is 3.43. The van der Waals surface area contributed by atoms with Gasteiger partial charge >= 0.3 is 0 Å². The number of para-hydroxylation sites is 1. The van der Waals surface area contributed by atoms with E-state index < -0.39 is 0 Å². The SMILES string of the molecule is C=C(CC)CC(NCC)c1ccc2ccccc2n1. The van der Waals surface area contributed by atoms with Gasteiger partial charge in [-0.15, -0.1) is 0 Å². The Bertz CT molecular complexity index is 560. The quantitative estimate of drug-likeness (QED) is 0.780. The van der Waals surface area contributed by atoms with Crippen molar-refractivity contribution in [3.8, 4) is 0 Å². The summed E-state index contributed by atoms with van der Waals surface area (Å²) in [6.45, 7) is 9.34. The van der Waals surface area contributed by atoms with Crippen LogP contribution in [-0.4, -0.2) is 11.5 Å². The molecule has 1 aromatic heterocycles. The summed E-state index contributed by atoms with van der Waals surface area (Å²) in [6, 6.07) is 12.8. The largest absolute Gasteiger partial charge is 0.309 e. The average molecular weight is 254 g/mol. The Labute approximate surface area is 115 Å². The first-order chi connectivity index (χ1) is 9.24. The Morgan fingerprint density at radius 2 is 2.00 bits per heavy atom. The predicted octanol–water partition coefficient (Wildman–Crippen LogP) is 4.24. The van der Waals surface area contributed by atoms with Crippen LogP contribution in [0, 0.1) is 0 Å². The van der Waals surface area contributed by atoms with Crippen LogP contribution in [0.4, 0.5) is 0 Å². The van der Waals surface area contributed by atoms with E-state index in [2.05, 4.69) is 50.0 Å². The zero-order chi connectivity index (χ0) is 13.7. The van der Waals surface area contributed by atoms with E-state index >= 15 is 0 Å². The van der Waals surface area contributed by atoms with E-state index in [1.807, 2.05) is 12.1 Å². The van der Waals surface area contributed by atoms with Gasteiger partial charge in [-0.1, -0.05) is 50.3 Å². The van der Waals surface area contributed by atoms with Crippen molar-refractivity contribution in [2.45, 2.75) is 32.7 Å². The number of fused-ring (bicyclic) bond motifs is 1. The lowest BCUT2D eigenvalue weighted by atomic mass is 10.0. The molecule has 0 aliphatic carbocycles. The van der Waals surface area contributed by atoms with Crippen LogP contribution in [0.25, 0.3) is 10.9 Å². The predicted molar refractivity (Wildman–Crippen MR) is 82.2 cm³/mol. The molecule has 100 valence electrons. The second-order valence-electron chi connectivity index (χ2n) is 4.85. The lowest BCUT2D eigenvalue weighted by molar-refractivity contribution is 0.532. The summed E-state index contributed by atoms with van der Waals surface area (Å²) >= 11 is 0. The maximum Gasteiger partial charge on any atom is 0.0706 e. The zero-order valence-corrected chi connectivity index (χ0v) is 11.8. The summed E-state index contributed by atoms with van der Waals surface area (Å²) in [4.78, 5) is 4.78. The van der Waals surface area contributed by atoms with Crippen LogP contribution < -0.4 is 5.32 Å². The van der Waals surface area contributed by atoms with Crippen molar-refractivity contribution in [1.82, 2.24) is 10.3 Å². The number of hydrogen-bond acceptors (Lipinski definition) is 2. The van der Waals surface area contributed by atoms with Crippen molar-refractivity contribution < 1.29 is 0 Å². The molecule has 1 atom stereocenters. The van der Waals surface area contributed by atoms with E-state index in [1.54, 1.807) is 0 Å². The zero-order valence-electron chi connectivity index (χ0n) is 11.8. The minimum atomic E-state index is 0.266. The van der Waals surface area contributed by atoms with Crippen molar-refractivity contribution in [3.63, 3.8) is 0 Å². The van der Waals surface area contributed by atoms with Crippen LogP contribution in [0.3, 0.4) is 0 Å². The molecule has 0 amide bonds. The Balaban J connectivity index is 2.30. The van der Waals surface area contributed by atoms with Gasteiger partial charge in [0.15, 0.2) is 0 Å². The lowest BCUT2D eigenvalue weighted by Crippen LogP contribution is -2.22. The molecule has 1 aromatic carbocycles. The number of benzene rings is 1. The van der Waals surface area contributed by atoms with Crippen molar-refractivity contribution in [2.75, 3.05) is 6.54 Å². The van der Waals surface area contributed by atoms with Crippen molar-refractivity contribution >= 4 is 10.9 Å². The second kappa shape index (κ2) is 6.48. The van der Waals surface area contributed by atoms with Crippen molar-refractivity contribution in [3.05, 3.63) is 54.2 Å². The minimum Gasteiger partial charge on any atom is -0.309 e. The highest BCUT2D eigenvalue weighted by atomic mass is 14.9. The van der Waals surface area contributed by atoms with Crippen molar-refractivity contribution in [1.29, 1.82) is 0 Å². The number of rotatable bonds is 6. The third-order valence-corrected chi connectivity index (χ3v) is 3.42. The van der Waals surface area contributed by atoms with Crippen LogP contribution in [0.1, 0.15) is 38.4 Å². The molecule has 0 spiro atoms. The summed E-state index contributed by atoms with van der Waals surface area (Å²) in [6.07, 6.45) is 1.98. The molecule has 1 unspecified atom stereocenters. The first kappa shape index (κ1) is 13.8. The van der Waals surface area contributed by atoms with Gasteiger partial charge in [-0.05, 0) is 31.5 Å². The Hall–Kier alpha value is -1.67. The van der Waals surface area contributed by atoms with Gasteiger partial charge in [0.05, 0.1) is 17.3 Å². The lowest BCUT2D eigenvalue weighted by Gasteiger charge is -2.18. The molecule has 2 aromatic rings. The fourth-order valence-electron chi connectivity index (χ4n) is 2.24. The standard InChI is InChI=1S/C17H22N2/c1-4-13(3)12-17(18-5-2)16-11-10-14-8-6-7-9-15(14)19-16/h6-11,17-18H,3-5,12H2,1-2H3. The van der Waals surface area contributed by atoms with Gasteiger partial charge in [-0.3, -0.25) is 4.98 Å². The summed E-state index contributed by atoms with van der Waals surface area (Å²) < 4.78 is 0. The van der Waals surface area contributed by atoms with Gasteiger partial charge in [-0.25, -0.2) is 0 Å². The molecule has 19 heavy (non-hydrogen) atoms. The van der Waals surface area contributed by atoms with Crippen LogP contribution in [0.2, 0.25) is 0 Å². The number of pyridine rings is 1. The molecule has 2 nitrogen and oxygen atoms in total. The second-order valence-corrected chi connectivity index (χ2v) is 4.85. The molecular formula is C17H22N2. The summed E-state index contributed by atoms with van der Waals surface area (Å²) in [5, 5.41) is 4.70. The molecule has 0 bridgehead atoms. The van der Waals surface area contributed by atoms with Gasteiger partial charge in [0.2, 0.25) is 0 Å². The average Bonchev–Trinajstić information content (AvgIpc) is 2.46. The van der Waals surface area contributed by atoms with Gasteiger partial charge in [-0.2, -0.15) is 0 Å². The fourth-order valence-corrected chi connectivity index (χ4v) is 2.24. The van der Waals surface area contributed by atoms with Crippen LogP contribution in [-0.2, 0) is 0 Å². The number of nitrogens with one attached hydrogen (secondary N) is 1. The molecule has 0 saturated carbocycles. The maximum absolute atomic E-state index is 4.78. The van der Waals surface area contributed by atoms with Gasteiger partial charge in [0.25, 0.3) is 0 Å². The number of nitrogens with zero attached hydrogens (tertiary/aromatic N) is 1. The van der Waals surface area contributed by atoms with Gasteiger partial charge in [0.1, 0.15) is 0 Å². The van der Waals surface area contributed by atoms with Crippen LogP contribution in [0.15, 0.2) is 48.6 Å². The highest BCUT2D eigenvalue weighted by Crippen LogP contribution is 2.22. The highest BCUT2D eigenvalue weighted by Gasteiger charge is 2.13. The monoisotopic (exact) mass is 254 g/mol. The van der Waals surface area contributed by atoms with E-state index in [0.29, 0.717) is 0 Å². The first-order valence-corrected chi connectivity index (χ1v) is 7.00. The number of aromatic nitrogens is 1. The van der Waals surface area contributed by atoms with Gasteiger partial charge in [0, 0.05) is 5.39 Å². The molecule has 0 radical (unpaired) electrons. The first-order valence-electron chi connectivity index (χ1n) is 7.00. The van der Waals surface area contributed by atoms with Crippen LogP contribution in [0.5, 0.6) is 0 Å². The smallest absolute Gasteiger partial charge is 0.0706 e. The molecule has 1 heterocycles. The molecule has 2 rings (SSSR count).